The van der Waals surface area contributed by atoms with Crippen molar-refractivity contribution in [2.24, 2.45) is 0 Å². The van der Waals surface area contributed by atoms with Crippen LogP contribution in [-0.4, -0.2) is 20.4 Å². The van der Waals surface area contributed by atoms with Crippen molar-refractivity contribution in [3.63, 3.8) is 0 Å². The highest BCUT2D eigenvalue weighted by molar-refractivity contribution is 5.72. The molecule has 0 amide bonds. The van der Waals surface area contributed by atoms with Gasteiger partial charge in [0.05, 0.1) is 11.7 Å². The number of hydrogen-bond acceptors (Lipinski definition) is 3. The van der Waals surface area contributed by atoms with Crippen LogP contribution in [0, 0.1) is 0 Å². The van der Waals surface area contributed by atoms with E-state index in [-0.39, 0.29) is 0 Å². The lowest BCUT2D eigenvalue weighted by atomic mass is 10.5. The third kappa shape index (κ3) is 0.561. The number of aromatic amines is 1. The molecule has 2 aromatic heterocycles. The minimum atomic E-state index is 0.852. The van der Waals surface area contributed by atoms with E-state index in [1.165, 1.54) is 0 Å². The summed E-state index contributed by atoms with van der Waals surface area (Å²) in [5.74, 6) is 0. The molecular weight excluding hydrogens is 116 g/mol. The molecule has 9 heavy (non-hydrogen) atoms. The van der Waals surface area contributed by atoms with Crippen molar-refractivity contribution in [1.29, 1.82) is 0 Å². The van der Waals surface area contributed by atoms with E-state index in [1.807, 2.05) is 6.07 Å². The van der Waals surface area contributed by atoms with Gasteiger partial charge in [0.1, 0.15) is 5.52 Å². The summed E-state index contributed by atoms with van der Waals surface area (Å²) in [6.45, 7) is 0. The molecule has 44 valence electrons. The molecule has 0 fully saturated rings. The molecular formula is C5H4N4. The molecule has 0 aliphatic heterocycles. The zero-order valence-electron chi connectivity index (χ0n) is 4.57. The summed E-state index contributed by atoms with van der Waals surface area (Å²) in [5, 5.41) is 10.8. The second kappa shape index (κ2) is 1.51. The van der Waals surface area contributed by atoms with Crippen molar-refractivity contribution in [3.8, 4) is 0 Å². The highest BCUT2D eigenvalue weighted by Crippen LogP contribution is 2.02. The first kappa shape index (κ1) is 4.43. The number of hydrogen-bond donors (Lipinski definition) is 1. The lowest BCUT2D eigenvalue weighted by Crippen LogP contribution is -1.83. The van der Waals surface area contributed by atoms with Crippen molar-refractivity contribution >= 4 is 11.0 Å². The van der Waals surface area contributed by atoms with E-state index >= 15 is 0 Å². The average molecular weight is 120 g/mol. The van der Waals surface area contributed by atoms with Crippen molar-refractivity contribution < 1.29 is 0 Å². The summed E-state index contributed by atoms with van der Waals surface area (Å²) in [4.78, 5) is 2.95. The van der Waals surface area contributed by atoms with Gasteiger partial charge in [0.2, 0.25) is 0 Å². The van der Waals surface area contributed by atoms with Gasteiger partial charge in [-0.15, -0.1) is 10.2 Å². The summed E-state index contributed by atoms with van der Waals surface area (Å²) in [5.41, 5.74) is 1.77. The number of H-pyrrole nitrogens is 1. The van der Waals surface area contributed by atoms with Crippen LogP contribution in [0.3, 0.4) is 0 Å². The van der Waals surface area contributed by atoms with Crippen LogP contribution in [-0.2, 0) is 0 Å². The van der Waals surface area contributed by atoms with Crippen LogP contribution in [0.4, 0.5) is 0 Å². The van der Waals surface area contributed by atoms with Crippen molar-refractivity contribution in [2.75, 3.05) is 0 Å². The van der Waals surface area contributed by atoms with Crippen LogP contribution in [0.1, 0.15) is 0 Å². The summed E-state index contributed by atoms with van der Waals surface area (Å²) < 4.78 is 0. The van der Waals surface area contributed by atoms with Crippen molar-refractivity contribution in [2.45, 2.75) is 0 Å². The molecule has 0 radical (unpaired) electrons. The molecule has 1 N–H and O–H groups in total. The maximum atomic E-state index is 3.75. The minimum Gasteiger partial charge on any atom is -0.358 e. The van der Waals surface area contributed by atoms with E-state index < -0.39 is 0 Å². The molecule has 4 heteroatoms. The standard InChI is InChI=1S/C5H4N4/c1-2-6-5-3-7-9-8-4(1)5/h1-3,6H. The maximum Gasteiger partial charge on any atom is 0.114 e. The van der Waals surface area contributed by atoms with E-state index in [4.69, 9.17) is 0 Å². The second-order valence-corrected chi connectivity index (χ2v) is 1.71. The van der Waals surface area contributed by atoms with Crippen LogP contribution in [0.15, 0.2) is 18.5 Å². The average Bonchev–Trinajstić information content (AvgIpc) is 2.33. The second-order valence-electron chi connectivity index (χ2n) is 1.71. The SMILES string of the molecule is c1cc2nnncc2[nH]1. The molecule has 0 saturated heterocycles. The van der Waals surface area contributed by atoms with Gasteiger partial charge >= 0.3 is 0 Å². The molecule has 0 spiro atoms. The number of aromatic nitrogens is 4. The zero-order chi connectivity index (χ0) is 6.10. The van der Waals surface area contributed by atoms with Crippen LogP contribution in [0.2, 0.25) is 0 Å². The van der Waals surface area contributed by atoms with E-state index in [1.54, 1.807) is 12.4 Å². The van der Waals surface area contributed by atoms with Gasteiger partial charge in [0, 0.05) is 6.20 Å². The van der Waals surface area contributed by atoms with Gasteiger partial charge < -0.3 is 4.98 Å². The summed E-state index contributed by atoms with van der Waals surface area (Å²) in [6.07, 6.45) is 3.45. The van der Waals surface area contributed by atoms with Gasteiger partial charge in [0.25, 0.3) is 0 Å². The Labute approximate surface area is 50.9 Å². The Hall–Kier alpha value is -1.45. The fourth-order valence-corrected chi connectivity index (χ4v) is 0.722. The molecule has 4 nitrogen and oxygen atoms in total. The van der Waals surface area contributed by atoms with E-state index in [2.05, 4.69) is 20.4 Å². The fourth-order valence-electron chi connectivity index (χ4n) is 0.722. The smallest absolute Gasteiger partial charge is 0.114 e. The molecule has 0 aliphatic rings. The molecule has 2 aromatic rings. The van der Waals surface area contributed by atoms with E-state index in [0.717, 1.165) is 11.0 Å². The molecule has 0 aromatic carbocycles. The lowest BCUT2D eigenvalue weighted by molar-refractivity contribution is 0.895. The van der Waals surface area contributed by atoms with Gasteiger partial charge in [-0.25, -0.2) is 0 Å². The van der Waals surface area contributed by atoms with Gasteiger partial charge in [-0.1, -0.05) is 0 Å². The van der Waals surface area contributed by atoms with E-state index in [9.17, 15) is 0 Å². The number of rotatable bonds is 0. The number of nitrogens with one attached hydrogen (secondary N) is 1. The van der Waals surface area contributed by atoms with Crippen LogP contribution in [0.25, 0.3) is 11.0 Å². The first-order chi connectivity index (χ1) is 4.47. The zero-order valence-corrected chi connectivity index (χ0v) is 4.57. The minimum absolute atomic E-state index is 0.852. The van der Waals surface area contributed by atoms with E-state index in [0.29, 0.717) is 0 Å². The first-order valence-corrected chi connectivity index (χ1v) is 2.58. The maximum absolute atomic E-state index is 3.75. The highest BCUT2D eigenvalue weighted by Gasteiger charge is 1.90. The highest BCUT2D eigenvalue weighted by atomic mass is 15.3. The lowest BCUT2D eigenvalue weighted by Gasteiger charge is -1.80. The third-order valence-corrected chi connectivity index (χ3v) is 1.15. The Morgan fingerprint density at radius 2 is 2.44 bits per heavy atom. The molecule has 2 heterocycles. The molecule has 0 atom stereocenters. The molecule has 0 saturated carbocycles. The monoisotopic (exact) mass is 120 g/mol. The predicted octanol–water partition coefficient (Wildman–Crippen LogP) is 0.353. The van der Waals surface area contributed by atoms with Crippen LogP contribution < -0.4 is 0 Å². The van der Waals surface area contributed by atoms with Crippen molar-refractivity contribution in [1.82, 2.24) is 20.4 Å². The number of nitrogens with zero attached hydrogens (tertiary/aromatic N) is 3. The predicted molar refractivity (Wildman–Crippen MR) is 31.7 cm³/mol. The topological polar surface area (TPSA) is 54.5 Å². The molecule has 2 rings (SSSR count). The fraction of sp³-hybridized carbons (Fsp3) is 0. The summed E-state index contributed by atoms with van der Waals surface area (Å²) in [7, 11) is 0. The summed E-state index contributed by atoms with van der Waals surface area (Å²) >= 11 is 0. The van der Waals surface area contributed by atoms with Gasteiger partial charge in [-0.3, -0.25) is 0 Å². The van der Waals surface area contributed by atoms with Crippen molar-refractivity contribution in [3.05, 3.63) is 18.5 Å². The van der Waals surface area contributed by atoms with Gasteiger partial charge in [-0.2, -0.15) is 0 Å². The Balaban J connectivity index is 2.95. The molecule has 0 aliphatic carbocycles. The first-order valence-electron chi connectivity index (χ1n) is 2.58. The normalized spacial score (nSPS) is 10.2. The van der Waals surface area contributed by atoms with Gasteiger partial charge in [-0.05, 0) is 11.3 Å². The Morgan fingerprint density at radius 3 is 3.33 bits per heavy atom. The third-order valence-electron chi connectivity index (χ3n) is 1.15. The quantitative estimate of drug-likeness (QED) is 0.545. The Kier molecular flexibility index (Phi) is 0.745. The largest absolute Gasteiger partial charge is 0.358 e. The Bertz CT molecular complexity index is 283. The number of fused-ring (bicyclic) bond motifs is 1. The molecule has 0 bridgehead atoms. The van der Waals surface area contributed by atoms with Crippen LogP contribution >= 0.6 is 0 Å². The Morgan fingerprint density at radius 1 is 1.44 bits per heavy atom. The molecule has 0 unspecified atom stereocenters. The summed E-state index contributed by atoms with van der Waals surface area (Å²) in [6, 6.07) is 1.85. The van der Waals surface area contributed by atoms with Gasteiger partial charge in [0.15, 0.2) is 0 Å². The van der Waals surface area contributed by atoms with Crippen LogP contribution in [0.5, 0.6) is 0 Å².